The number of carboxylic acid groups (broad SMARTS) is 1. The zero-order chi connectivity index (χ0) is 20.9. The van der Waals surface area contributed by atoms with Crippen LogP contribution < -0.4 is 4.90 Å². The maximum atomic E-state index is 12.1. The number of methoxy groups -OCH3 is 1. The van der Waals surface area contributed by atoms with E-state index in [9.17, 15) is 18.0 Å². The molecule has 1 N–H and O–H groups in total. The minimum atomic E-state index is -5.08. The molecule has 1 aliphatic heterocycles. The van der Waals surface area contributed by atoms with Gasteiger partial charge in [0.1, 0.15) is 12.4 Å². The van der Waals surface area contributed by atoms with Gasteiger partial charge in [-0.15, -0.1) is 0 Å². The van der Waals surface area contributed by atoms with Crippen LogP contribution in [0.3, 0.4) is 0 Å². The fourth-order valence-corrected chi connectivity index (χ4v) is 2.82. The summed E-state index contributed by atoms with van der Waals surface area (Å²) < 4.78 is 36.7. The van der Waals surface area contributed by atoms with Crippen molar-refractivity contribution in [3.63, 3.8) is 0 Å². The molecular formula is C18H24F3N3O4. The van der Waals surface area contributed by atoms with E-state index in [0.29, 0.717) is 6.54 Å². The number of ether oxygens (including phenoxy) is 1. The van der Waals surface area contributed by atoms with E-state index in [0.717, 1.165) is 42.6 Å². The van der Waals surface area contributed by atoms with Gasteiger partial charge in [-0.05, 0) is 31.7 Å². The Morgan fingerprint density at radius 1 is 1.29 bits per heavy atom. The molecule has 28 heavy (non-hydrogen) atoms. The lowest BCUT2D eigenvalue weighted by molar-refractivity contribution is -0.192. The number of amides is 1. The molecule has 1 amide bonds. The molecule has 10 heteroatoms. The number of halogens is 3. The van der Waals surface area contributed by atoms with Gasteiger partial charge >= 0.3 is 12.1 Å². The second-order valence-corrected chi connectivity index (χ2v) is 6.88. The minimum Gasteiger partial charge on any atom is -0.475 e. The van der Waals surface area contributed by atoms with Crippen molar-refractivity contribution in [1.82, 2.24) is 9.88 Å². The zero-order valence-corrected chi connectivity index (χ0v) is 15.8. The first kappa shape index (κ1) is 21.9. The van der Waals surface area contributed by atoms with Gasteiger partial charge < -0.3 is 19.6 Å². The maximum Gasteiger partial charge on any atom is 0.490 e. The Labute approximate surface area is 161 Å². The lowest BCUT2D eigenvalue weighted by atomic mass is 10.2. The molecule has 7 nitrogen and oxygen atoms in total. The smallest absolute Gasteiger partial charge is 0.475 e. The Bertz CT molecular complexity index is 708. The predicted octanol–water partition coefficient (Wildman–Crippen LogP) is 2.23. The summed E-state index contributed by atoms with van der Waals surface area (Å²) in [6, 6.07) is 4.13. The van der Waals surface area contributed by atoms with Crippen LogP contribution in [-0.2, 0) is 20.9 Å². The molecule has 0 radical (unpaired) electrons. The van der Waals surface area contributed by atoms with Crippen LogP contribution in [0.1, 0.15) is 24.1 Å². The molecule has 156 valence electrons. The second kappa shape index (κ2) is 9.22. The Morgan fingerprint density at radius 2 is 1.93 bits per heavy atom. The lowest BCUT2D eigenvalue weighted by Gasteiger charge is -2.24. The molecule has 1 aromatic rings. The number of alkyl halides is 3. The second-order valence-electron chi connectivity index (χ2n) is 6.88. The summed E-state index contributed by atoms with van der Waals surface area (Å²) in [4.78, 5) is 30.0. The molecular weight excluding hydrogens is 379 g/mol. The van der Waals surface area contributed by atoms with Crippen molar-refractivity contribution < 1.29 is 32.6 Å². The number of nitrogens with zero attached hydrogens (tertiary/aromatic N) is 3. The molecule has 0 bridgehead atoms. The van der Waals surface area contributed by atoms with Crippen LogP contribution in [0.2, 0.25) is 0 Å². The average molecular weight is 403 g/mol. The summed E-state index contributed by atoms with van der Waals surface area (Å²) in [5.74, 6) is -0.833. The van der Waals surface area contributed by atoms with E-state index in [2.05, 4.69) is 11.0 Å². The lowest BCUT2D eigenvalue weighted by Crippen LogP contribution is -2.37. The molecule has 0 atom stereocenters. The number of carbonyl (C=O) groups is 2. The summed E-state index contributed by atoms with van der Waals surface area (Å²) in [5.41, 5.74) is 2.18. The highest BCUT2D eigenvalue weighted by Gasteiger charge is 2.38. The first-order chi connectivity index (χ1) is 13.1. The Hall–Kier alpha value is -2.36. The molecule has 0 aromatic carbocycles. The van der Waals surface area contributed by atoms with E-state index in [1.54, 1.807) is 7.11 Å². The van der Waals surface area contributed by atoms with Gasteiger partial charge in [0.2, 0.25) is 5.91 Å². The third-order valence-electron chi connectivity index (χ3n) is 4.43. The van der Waals surface area contributed by atoms with Crippen LogP contribution in [0.15, 0.2) is 12.1 Å². The zero-order valence-electron chi connectivity index (χ0n) is 15.8. The quantitative estimate of drug-likeness (QED) is 0.830. The van der Waals surface area contributed by atoms with Crippen molar-refractivity contribution >= 4 is 17.7 Å². The van der Waals surface area contributed by atoms with E-state index in [-0.39, 0.29) is 12.5 Å². The van der Waals surface area contributed by atoms with Crippen LogP contribution >= 0.6 is 0 Å². The molecule has 2 heterocycles. The SMILES string of the molecule is COCC(=O)N1CCN(CC2CC2)c2nc(C)ccc2C1.O=C(O)C(F)(F)F. The first-order valence-corrected chi connectivity index (χ1v) is 8.90. The summed E-state index contributed by atoms with van der Waals surface area (Å²) >= 11 is 0. The van der Waals surface area contributed by atoms with Crippen LogP contribution in [0.4, 0.5) is 19.0 Å². The maximum absolute atomic E-state index is 12.1. The number of aryl methyl sites for hydroxylation is 1. The van der Waals surface area contributed by atoms with Crippen LogP contribution in [0.25, 0.3) is 0 Å². The highest BCUT2D eigenvalue weighted by molar-refractivity contribution is 5.78. The number of hydrogen-bond donors (Lipinski definition) is 1. The van der Waals surface area contributed by atoms with Gasteiger partial charge in [-0.3, -0.25) is 4.79 Å². The standard InChI is InChI=1S/C16H23N3O2.C2HF3O2/c1-12-3-6-14-10-18(15(20)11-21-2)7-8-19(16(14)17-12)9-13-4-5-13;3-2(4,5)1(6)7/h3,6,13H,4-5,7-11H2,1-2H3;(H,6,7). The number of carboxylic acids is 1. The normalized spacial score (nSPS) is 16.6. The molecule has 3 rings (SSSR count). The van der Waals surface area contributed by atoms with E-state index in [4.69, 9.17) is 19.6 Å². The predicted molar refractivity (Wildman–Crippen MR) is 94.9 cm³/mol. The number of pyridine rings is 1. The highest BCUT2D eigenvalue weighted by Crippen LogP contribution is 2.33. The Kier molecular flexibility index (Phi) is 7.22. The van der Waals surface area contributed by atoms with Gasteiger partial charge in [-0.1, -0.05) is 6.07 Å². The van der Waals surface area contributed by atoms with Gasteiger partial charge in [0.25, 0.3) is 0 Å². The number of rotatable bonds is 4. The topological polar surface area (TPSA) is 83.0 Å². The van der Waals surface area contributed by atoms with Gasteiger partial charge in [-0.2, -0.15) is 13.2 Å². The summed E-state index contributed by atoms with van der Waals surface area (Å²) in [6.45, 7) is 5.47. The third-order valence-corrected chi connectivity index (χ3v) is 4.43. The molecule has 0 saturated heterocycles. The van der Waals surface area contributed by atoms with E-state index in [1.165, 1.54) is 12.8 Å². The van der Waals surface area contributed by atoms with Crippen molar-refractivity contribution in [2.45, 2.75) is 32.5 Å². The summed E-state index contributed by atoms with van der Waals surface area (Å²) in [6.07, 6.45) is -2.44. The van der Waals surface area contributed by atoms with E-state index >= 15 is 0 Å². The highest BCUT2D eigenvalue weighted by atomic mass is 19.4. The largest absolute Gasteiger partial charge is 0.490 e. The van der Waals surface area contributed by atoms with Crippen molar-refractivity contribution in [3.8, 4) is 0 Å². The third kappa shape index (κ3) is 6.36. The van der Waals surface area contributed by atoms with E-state index < -0.39 is 12.1 Å². The van der Waals surface area contributed by atoms with Gasteiger partial charge in [-0.25, -0.2) is 9.78 Å². The molecule has 0 spiro atoms. The number of carbonyl (C=O) groups excluding carboxylic acids is 1. The summed E-state index contributed by atoms with van der Waals surface area (Å²) in [5, 5.41) is 7.12. The van der Waals surface area contributed by atoms with Crippen molar-refractivity contribution in [2.75, 3.05) is 38.3 Å². The molecule has 1 aliphatic carbocycles. The van der Waals surface area contributed by atoms with Crippen molar-refractivity contribution in [1.29, 1.82) is 0 Å². The number of aliphatic carboxylic acids is 1. The molecule has 1 saturated carbocycles. The molecule has 0 unspecified atom stereocenters. The molecule has 1 aromatic heterocycles. The number of hydrogen-bond acceptors (Lipinski definition) is 5. The van der Waals surface area contributed by atoms with Crippen LogP contribution in [0.5, 0.6) is 0 Å². The minimum absolute atomic E-state index is 0.0531. The first-order valence-electron chi connectivity index (χ1n) is 8.90. The average Bonchev–Trinajstić information content (AvgIpc) is 3.43. The fraction of sp³-hybridized carbons (Fsp3) is 0.611. The number of fused-ring (bicyclic) bond motifs is 1. The monoisotopic (exact) mass is 403 g/mol. The Morgan fingerprint density at radius 3 is 2.46 bits per heavy atom. The van der Waals surface area contributed by atoms with Crippen molar-refractivity contribution in [3.05, 3.63) is 23.4 Å². The molecule has 1 fully saturated rings. The number of aromatic nitrogens is 1. The number of anilines is 1. The van der Waals surface area contributed by atoms with Crippen LogP contribution in [0, 0.1) is 12.8 Å². The van der Waals surface area contributed by atoms with Gasteiger partial charge in [0.15, 0.2) is 0 Å². The van der Waals surface area contributed by atoms with E-state index in [1.807, 2.05) is 17.9 Å². The fourth-order valence-electron chi connectivity index (χ4n) is 2.82. The molecule has 2 aliphatic rings. The van der Waals surface area contributed by atoms with Crippen LogP contribution in [-0.4, -0.2) is 66.4 Å². The van der Waals surface area contributed by atoms with Crippen molar-refractivity contribution in [2.24, 2.45) is 5.92 Å². The van der Waals surface area contributed by atoms with Gasteiger partial charge in [0, 0.05) is 44.5 Å². The summed E-state index contributed by atoms with van der Waals surface area (Å²) in [7, 11) is 1.56. The van der Waals surface area contributed by atoms with Gasteiger partial charge in [0.05, 0.1) is 0 Å². The Balaban J connectivity index is 0.000000345.